The topological polar surface area (TPSA) is 80.6 Å². The molecule has 0 aliphatic rings. The van der Waals surface area contributed by atoms with Crippen LogP contribution in [-0.4, -0.2) is 22.0 Å². The molecule has 5 heteroatoms. The maximum absolute atomic E-state index is 9.87. The molecule has 64 valence electrons. The van der Waals surface area contributed by atoms with Gasteiger partial charge in [-0.05, 0) is 18.9 Å². The van der Waals surface area contributed by atoms with Crippen LogP contribution in [0.2, 0.25) is 0 Å². The first kappa shape index (κ1) is 14.6. The minimum absolute atomic E-state index is 0. The zero-order chi connectivity index (χ0) is 8.91. The van der Waals surface area contributed by atoms with Crippen molar-refractivity contribution in [2.24, 2.45) is 0 Å². The molecule has 4 nitrogen and oxygen atoms in total. The van der Waals surface area contributed by atoms with Crippen LogP contribution in [0.15, 0.2) is 12.7 Å². The molecule has 0 heterocycles. The van der Waals surface area contributed by atoms with Gasteiger partial charge in [-0.1, -0.05) is 6.58 Å². The van der Waals surface area contributed by atoms with Gasteiger partial charge < -0.3 is 20.1 Å². The van der Waals surface area contributed by atoms with Gasteiger partial charge in [-0.3, -0.25) is 0 Å². The third kappa shape index (κ3) is 8.23. The predicted molar refractivity (Wildman–Crippen MR) is 36.2 cm³/mol. The third-order valence-corrected chi connectivity index (χ3v) is 1.25. The smallest absolute Gasteiger partial charge is 0.550 e. The van der Waals surface area contributed by atoms with Crippen LogP contribution < -0.4 is 34.7 Å². The summed E-state index contributed by atoms with van der Waals surface area (Å²) in [5.74, 6) is -3.14. The van der Waals surface area contributed by atoms with Gasteiger partial charge in [0.1, 0.15) is 0 Å². The zero-order valence-corrected chi connectivity index (χ0v) is 9.12. The standard InChI is InChI=1S/C7H12O4.Na/c1-2-7(10,11)5-3-4-6(8)9;/h2,10-11H,1,3-5H2,(H,8,9);/q;+1/p-1. The molecule has 0 aliphatic heterocycles. The zero-order valence-electron chi connectivity index (χ0n) is 7.12. The van der Waals surface area contributed by atoms with Gasteiger partial charge in [0.2, 0.25) is 0 Å². The summed E-state index contributed by atoms with van der Waals surface area (Å²) in [6, 6.07) is 0. The predicted octanol–water partition coefficient (Wildman–Crippen LogP) is -4.22. The van der Waals surface area contributed by atoms with E-state index >= 15 is 0 Å². The molecule has 2 N–H and O–H groups in total. The molecule has 0 aromatic rings. The third-order valence-electron chi connectivity index (χ3n) is 1.25. The minimum atomic E-state index is -1.95. The molecular formula is C7H11NaO4. The Hall–Kier alpha value is 0.130. The maximum atomic E-state index is 9.87. The van der Waals surface area contributed by atoms with Crippen molar-refractivity contribution in [2.45, 2.75) is 25.0 Å². The van der Waals surface area contributed by atoms with Crippen LogP contribution in [0.4, 0.5) is 0 Å². The van der Waals surface area contributed by atoms with Gasteiger partial charge >= 0.3 is 29.6 Å². The normalized spacial score (nSPS) is 10.2. The van der Waals surface area contributed by atoms with Gasteiger partial charge in [-0.2, -0.15) is 0 Å². The number of carboxylic acids is 1. The molecule has 0 aliphatic carbocycles. The fourth-order valence-corrected chi connectivity index (χ4v) is 0.595. The van der Waals surface area contributed by atoms with Crippen molar-refractivity contribution in [3.8, 4) is 0 Å². The van der Waals surface area contributed by atoms with Crippen molar-refractivity contribution in [1.82, 2.24) is 0 Å². The number of rotatable bonds is 5. The number of hydrogen-bond acceptors (Lipinski definition) is 4. The van der Waals surface area contributed by atoms with Crippen molar-refractivity contribution in [1.29, 1.82) is 0 Å². The van der Waals surface area contributed by atoms with Gasteiger partial charge in [0.25, 0.3) is 0 Å². The first-order valence-electron chi connectivity index (χ1n) is 3.26. The van der Waals surface area contributed by atoms with Crippen molar-refractivity contribution in [2.75, 3.05) is 0 Å². The van der Waals surface area contributed by atoms with Crippen LogP contribution in [-0.2, 0) is 4.79 Å². The summed E-state index contributed by atoms with van der Waals surface area (Å²) in [5, 5.41) is 27.6. The second-order valence-electron chi connectivity index (χ2n) is 2.31. The molecule has 0 saturated carbocycles. The van der Waals surface area contributed by atoms with E-state index in [0.29, 0.717) is 0 Å². The molecule has 0 atom stereocenters. The maximum Gasteiger partial charge on any atom is 1.00 e. The van der Waals surface area contributed by atoms with Crippen molar-refractivity contribution in [3.05, 3.63) is 12.7 Å². The summed E-state index contributed by atoms with van der Waals surface area (Å²) in [4.78, 5) is 9.87. The summed E-state index contributed by atoms with van der Waals surface area (Å²) in [5.41, 5.74) is 0. The number of aliphatic hydroxyl groups is 2. The summed E-state index contributed by atoms with van der Waals surface area (Å²) >= 11 is 0. The van der Waals surface area contributed by atoms with E-state index in [1.807, 2.05) is 0 Å². The fraction of sp³-hybridized carbons (Fsp3) is 0.571. The SMILES string of the molecule is C=CC(O)(O)CCCC(=O)[O-].[Na+]. The van der Waals surface area contributed by atoms with Crippen molar-refractivity contribution in [3.63, 3.8) is 0 Å². The number of carbonyl (C=O) groups is 1. The molecule has 0 aromatic heterocycles. The van der Waals surface area contributed by atoms with E-state index in [2.05, 4.69) is 6.58 Å². The molecule has 0 fully saturated rings. The van der Waals surface area contributed by atoms with Crippen molar-refractivity contribution < 1.29 is 49.7 Å². The van der Waals surface area contributed by atoms with Crippen LogP contribution in [0.5, 0.6) is 0 Å². The summed E-state index contributed by atoms with van der Waals surface area (Å²) in [6.45, 7) is 3.17. The quantitative estimate of drug-likeness (QED) is 0.256. The van der Waals surface area contributed by atoms with Crippen LogP contribution >= 0.6 is 0 Å². The second-order valence-corrected chi connectivity index (χ2v) is 2.31. The summed E-state index contributed by atoms with van der Waals surface area (Å²) in [6.07, 6.45) is 0.921. The molecule has 0 saturated heterocycles. The van der Waals surface area contributed by atoms with E-state index in [-0.39, 0.29) is 48.8 Å². The second kappa shape index (κ2) is 6.62. The molecular weight excluding hydrogens is 171 g/mol. The van der Waals surface area contributed by atoms with Gasteiger partial charge in [0, 0.05) is 12.4 Å². The number of aliphatic carboxylic acids is 1. The number of carboxylic acid groups (broad SMARTS) is 1. The van der Waals surface area contributed by atoms with Gasteiger partial charge in [-0.25, -0.2) is 0 Å². The van der Waals surface area contributed by atoms with E-state index in [0.717, 1.165) is 6.08 Å². The van der Waals surface area contributed by atoms with Gasteiger partial charge in [0.15, 0.2) is 5.79 Å². The van der Waals surface area contributed by atoms with Crippen LogP contribution in [0.3, 0.4) is 0 Å². The number of hydrogen-bond donors (Lipinski definition) is 2. The molecule has 0 aromatic carbocycles. The summed E-state index contributed by atoms with van der Waals surface area (Å²) < 4.78 is 0. The average molecular weight is 182 g/mol. The first-order valence-corrected chi connectivity index (χ1v) is 3.26. The number of carbonyl (C=O) groups excluding carboxylic acids is 1. The van der Waals surface area contributed by atoms with Crippen LogP contribution in [0.25, 0.3) is 0 Å². The Morgan fingerprint density at radius 2 is 2.08 bits per heavy atom. The molecule has 0 bridgehead atoms. The Labute approximate surface area is 93.2 Å². The van der Waals surface area contributed by atoms with Gasteiger partial charge in [-0.15, -0.1) is 0 Å². The average Bonchev–Trinajstić information content (AvgIpc) is 1.87. The largest absolute Gasteiger partial charge is 1.00 e. The Kier molecular flexibility index (Phi) is 8.08. The van der Waals surface area contributed by atoms with E-state index < -0.39 is 11.8 Å². The Balaban J connectivity index is 0. The molecule has 0 radical (unpaired) electrons. The Morgan fingerprint density at radius 3 is 2.42 bits per heavy atom. The fourth-order valence-electron chi connectivity index (χ4n) is 0.595. The van der Waals surface area contributed by atoms with E-state index in [1.165, 1.54) is 0 Å². The Morgan fingerprint density at radius 1 is 1.58 bits per heavy atom. The first-order chi connectivity index (χ1) is 4.98. The van der Waals surface area contributed by atoms with Crippen LogP contribution in [0, 0.1) is 0 Å². The van der Waals surface area contributed by atoms with E-state index in [9.17, 15) is 9.90 Å². The minimum Gasteiger partial charge on any atom is -0.550 e. The van der Waals surface area contributed by atoms with Gasteiger partial charge in [0.05, 0.1) is 0 Å². The molecule has 0 unspecified atom stereocenters. The van der Waals surface area contributed by atoms with E-state index in [4.69, 9.17) is 10.2 Å². The Bertz CT molecular complexity index is 155. The molecule has 0 rings (SSSR count). The summed E-state index contributed by atoms with van der Waals surface area (Å²) in [7, 11) is 0. The monoisotopic (exact) mass is 182 g/mol. The van der Waals surface area contributed by atoms with Crippen molar-refractivity contribution >= 4 is 5.97 Å². The van der Waals surface area contributed by atoms with E-state index in [1.54, 1.807) is 0 Å². The molecule has 0 amide bonds. The molecule has 12 heavy (non-hydrogen) atoms. The molecule has 0 spiro atoms. The van der Waals surface area contributed by atoms with Crippen LogP contribution in [0.1, 0.15) is 19.3 Å².